The van der Waals surface area contributed by atoms with Crippen molar-refractivity contribution < 1.29 is 14.6 Å². The highest BCUT2D eigenvalue weighted by Crippen LogP contribution is 2.37. The lowest BCUT2D eigenvalue weighted by Crippen LogP contribution is -2.43. The van der Waals surface area contributed by atoms with Gasteiger partial charge in [-0.15, -0.1) is 0 Å². The molecule has 2 aliphatic heterocycles. The highest BCUT2D eigenvalue weighted by molar-refractivity contribution is 9.10. The minimum atomic E-state index is 0.0752. The molecule has 0 amide bonds. The van der Waals surface area contributed by atoms with Crippen molar-refractivity contribution in [2.75, 3.05) is 40.0 Å². The monoisotopic (exact) mass is 546 g/mol. The van der Waals surface area contributed by atoms with E-state index in [4.69, 9.17) is 14.5 Å². The van der Waals surface area contributed by atoms with E-state index in [1.54, 1.807) is 0 Å². The number of hydrogen-bond acceptors (Lipinski definition) is 6. The number of aromatic nitrogens is 1. The number of aliphatic imine (C=N–C) groups is 1. The number of nitrogens with one attached hydrogen (secondary N) is 1. The third-order valence-electron chi connectivity index (χ3n) is 6.80. The van der Waals surface area contributed by atoms with Gasteiger partial charge in [0.1, 0.15) is 0 Å². The van der Waals surface area contributed by atoms with Crippen LogP contribution in [0.2, 0.25) is 0 Å². The molecule has 1 fully saturated rings. The molecule has 0 atom stereocenters. The van der Waals surface area contributed by atoms with Crippen LogP contribution in [-0.2, 0) is 6.54 Å². The molecule has 3 heterocycles. The fraction of sp³-hybridized carbons (Fsp3) is 0.250. The molecule has 0 unspecified atom stereocenters. The molecule has 0 bridgehead atoms. The van der Waals surface area contributed by atoms with E-state index in [9.17, 15) is 5.11 Å². The van der Waals surface area contributed by atoms with Gasteiger partial charge in [-0.1, -0.05) is 34.1 Å². The first-order chi connectivity index (χ1) is 17.5. The van der Waals surface area contributed by atoms with Gasteiger partial charge in [-0.3, -0.25) is 4.90 Å². The molecule has 3 aromatic carbocycles. The normalized spacial score (nSPS) is 16.7. The number of fused-ring (bicyclic) bond motifs is 2. The van der Waals surface area contributed by atoms with Gasteiger partial charge >= 0.3 is 0 Å². The Morgan fingerprint density at radius 2 is 1.75 bits per heavy atom. The molecular formula is C28H27BrN4O3. The zero-order valence-corrected chi connectivity index (χ0v) is 21.6. The molecule has 8 heteroatoms. The number of halogens is 1. The van der Waals surface area contributed by atoms with Gasteiger partial charge in [0, 0.05) is 48.1 Å². The highest BCUT2D eigenvalue weighted by Gasteiger charge is 2.22. The number of aromatic amines is 1. The molecule has 0 spiro atoms. The number of hydrogen-bond donors (Lipinski definition) is 2. The van der Waals surface area contributed by atoms with Crippen molar-refractivity contribution in [2.45, 2.75) is 6.54 Å². The Hall–Kier alpha value is -3.33. The maximum Gasteiger partial charge on any atom is 0.231 e. The van der Waals surface area contributed by atoms with Gasteiger partial charge < -0.3 is 24.5 Å². The number of rotatable bonds is 5. The van der Waals surface area contributed by atoms with Crippen LogP contribution in [0.5, 0.6) is 17.4 Å². The van der Waals surface area contributed by atoms with Crippen molar-refractivity contribution in [1.82, 2.24) is 14.8 Å². The molecule has 0 saturated carbocycles. The third-order valence-corrected chi connectivity index (χ3v) is 7.30. The van der Waals surface area contributed by atoms with E-state index in [0.717, 1.165) is 59.4 Å². The first-order valence-corrected chi connectivity index (χ1v) is 12.8. The summed E-state index contributed by atoms with van der Waals surface area (Å²) in [5.41, 5.74) is 5.05. The van der Waals surface area contributed by atoms with Crippen LogP contribution >= 0.6 is 15.9 Å². The average molecular weight is 547 g/mol. The van der Waals surface area contributed by atoms with E-state index in [1.807, 2.05) is 48.5 Å². The van der Waals surface area contributed by atoms with Gasteiger partial charge in [0.2, 0.25) is 6.79 Å². The van der Waals surface area contributed by atoms with Crippen molar-refractivity contribution >= 4 is 38.2 Å². The van der Waals surface area contributed by atoms with E-state index >= 15 is 0 Å². The number of piperazine rings is 1. The quantitative estimate of drug-likeness (QED) is 0.333. The molecule has 36 heavy (non-hydrogen) atoms. The lowest BCUT2D eigenvalue weighted by Gasteiger charge is -2.32. The van der Waals surface area contributed by atoms with Gasteiger partial charge in [0.05, 0.1) is 22.5 Å². The van der Waals surface area contributed by atoms with E-state index < -0.39 is 0 Å². The van der Waals surface area contributed by atoms with Crippen molar-refractivity contribution in [3.8, 4) is 17.4 Å². The molecule has 0 aliphatic carbocycles. The predicted octanol–water partition coefficient (Wildman–Crippen LogP) is 5.28. The van der Waals surface area contributed by atoms with Gasteiger partial charge in [-0.05, 0) is 55.1 Å². The highest BCUT2D eigenvalue weighted by atomic mass is 79.9. The molecule has 2 aliphatic rings. The van der Waals surface area contributed by atoms with Crippen molar-refractivity contribution in [2.24, 2.45) is 4.99 Å². The summed E-state index contributed by atoms with van der Waals surface area (Å²) in [7, 11) is 2.17. The van der Waals surface area contributed by atoms with Crippen LogP contribution in [0.4, 0.5) is 5.69 Å². The van der Waals surface area contributed by atoms with Crippen LogP contribution in [0.25, 0.3) is 10.9 Å². The van der Waals surface area contributed by atoms with Gasteiger partial charge in [-0.25, -0.2) is 4.99 Å². The van der Waals surface area contributed by atoms with Crippen molar-refractivity contribution in [3.63, 3.8) is 0 Å². The van der Waals surface area contributed by atoms with E-state index in [1.165, 1.54) is 5.56 Å². The van der Waals surface area contributed by atoms with Crippen LogP contribution in [-0.4, -0.2) is 65.6 Å². The third kappa shape index (κ3) is 4.59. The summed E-state index contributed by atoms with van der Waals surface area (Å²) in [6.45, 7) is 5.51. The van der Waals surface area contributed by atoms with Crippen LogP contribution < -0.4 is 9.47 Å². The molecule has 2 N–H and O–H groups in total. The Morgan fingerprint density at radius 1 is 0.972 bits per heavy atom. The Morgan fingerprint density at radius 3 is 2.56 bits per heavy atom. The first kappa shape index (κ1) is 23.1. The molecule has 184 valence electrons. The number of nitrogens with zero attached hydrogens (tertiary/aromatic N) is 3. The molecule has 1 aromatic heterocycles. The summed E-state index contributed by atoms with van der Waals surface area (Å²) in [5.74, 6) is 1.45. The number of ether oxygens (including phenoxy) is 2. The Balaban J connectivity index is 1.38. The second-order valence-electron chi connectivity index (χ2n) is 9.31. The van der Waals surface area contributed by atoms with Crippen LogP contribution in [0, 0.1) is 0 Å². The van der Waals surface area contributed by atoms with Crippen LogP contribution in [0.3, 0.4) is 0 Å². The maximum atomic E-state index is 11.0. The molecule has 7 nitrogen and oxygen atoms in total. The lowest BCUT2D eigenvalue weighted by molar-refractivity contribution is 0.148. The number of benzene rings is 3. The van der Waals surface area contributed by atoms with Gasteiger partial charge in [-0.2, -0.15) is 0 Å². The van der Waals surface area contributed by atoms with E-state index in [0.29, 0.717) is 22.8 Å². The molecule has 0 radical (unpaired) electrons. The standard InChI is InChI=1S/C28H27BrN4O3/c1-32-10-12-33(13-11-32)16-18-2-6-21(7-3-18)30-27(19-4-9-24-25(14-19)36-17-35-24)26-22-8-5-20(29)15-23(22)31-28(26)34/h2-9,14-15,31,34H,10-13,16-17H2,1H3. The topological polar surface area (TPSA) is 73.3 Å². The summed E-state index contributed by atoms with van der Waals surface area (Å²) < 4.78 is 12.1. The molecule has 6 rings (SSSR count). The molecule has 4 aromatic rings. The summed E-state index contributed by atoms with van der Waals surface area (Å²) in [6.07, 6.45) is 0. The van der Waals surface area contributed by atoms with E-state index in [2.05, 4.69) is 49.9 Å². The summed E-state index contributed by atoms with van der Waals surface area (Å²) in [4.78, 5) is 13.0. The largest absolute Gasteiger partial charge is 0.494 e. The van der Waals surface area contributed by atoms with Crippen LogP contribution in [0.1, 0.15) is 16.7 Å². The summed E-state index contributed by atoms with van der Waals surface area (Å²) in [6, 6.07) is 20.0. The number of likely N-dealkylation sites (N-methyl/N-ethyl adjacent to an activating group) is 1. The second kappa shape index (κ2) is 9.61. The van der Waals surface area contributed by atoms with Crippen LogP contribution in [0.15, 0.2) is 70.1 Å². The minimum Gasteiger partial charge on any atom is -0.494 e. The molecular weight excluding hydrogens is 520 g/mol. The Labute approximate surface area is 218 Å². The van der Waals surface area contributed by atoms with Crippen molar-refractivity contribution in [1.29, 1.82) is 0 Å². The minimum absolute atomic E-state index is 0.0752. The zero-order valence-electron chi connectivity index (χ0n) is 20.0. The van der Waals surface area contributed by atoms with Gasteiger partial charge in [0.15, 0.2) is 17.4 Å². The molecule has 1 saturated heterocycles. The SMILES string of the molecule is CN1CCN(Cc2ccc(N=C(c3ccc4c(c3)OCO4)c3c(O)[nH]c4cc(Br)ccc34)cc2)CC1. The zero-order chi connectivity index (χ0) is 24.6. The van der Waals surface area contributed by atoms with Gasteiger partial charge in [0.25, 0.3) is 0 Å². The smallest absolute Gasteiger partial charge is 0.231 e. The fourth-order valence-corrected chi connectivity index (χ4v) is 5.13. The summed E-state index contributed by atoms with van der Waals surface area (Å²) in [5, 5.41) is 11.8. The average Bonchev–Trinajstić information content (AvgIpc) is 3.47. The van der Waals surface area contributed by atoms with Crippen molar-refractivity contribution in [3.05, 3.63) is 81.8 Å². The first-order valence-electron chi connectivity index (χ1n) is 12.0. The second-order valence-corrected chi connectivity index (χ2v) is 10.2. The fourth-order valence-electron chi connectivity index (χ4n) is 4.77. The Kier molecular flexibility index (Phi) is 6.17. The van der Waals surface area contributed by atoms with E-state index in [-0.39, 0.29) is 12.7 Å². The number of aromatic hydroxyl groups is 1. The predicted molar refractivity (Wildman–Crippen MR) is 145 cm³/mol. The maximum absolute atomic E-state index is 11.0. The lowest BCUT2D eigenvalue weighted by atomic mass is 10.00. The number of H-pyrrole nitrogens is 1. The Bertz CT molecular complexity index is 1440. The summed E-state index contributed by atoms with van der Waals surface area (Å²) >= 11 is 3.51.